The summed E-state index contributed by atoms with van der Waals surface area (Å²) in [5, 5.41) is 3.60. The molecule has 0 heterocycles. The molecule has 0 unspecified atom stereocenters. The van der Waals surface area contributed by atoms with Crippen molar-refractivity contribution in [3.63, 3.8) is 0 Å². The summed E-state index contributed by atoms with van der Waals surface area (Å²) in [6.45, 7) is 2.40. The molecule has 3 rings (SSSR count). The molecular weight excluding hydrogens is 471 g/mol. The van der Waals surface area contributed by atoms with Gasteiger partial charge in [0.15, 0.2) is 0 Å². The number of sulfonamides is 1. The van der Waals surface area contributed by atoms with E-state index in [0.717, 1.165) is 0 Å². The maximum atomic E-state index is 12.6. The molecule has 0 atom stereocenters. The van der Waals surface area contributed by atoms with E-state index in [1.807, 2.05) is 6.92 Å². The van der Waals surface area contributed by atoms with Gasteiger partial charge < -0.3 is 10.1 Å². The van der Waals surface area contributed by atoms with Crippen molar-refractivity contribution in [1.29, 1.82) is 0 Å². The van der Waals surface area contributed by atoms with Crippen LogP contribution in [0.3, 0.4) is 0 Å². The van der Waals surface area contributed by atoms with Crippen LogP contribution < -0.4 is 14.8 Å². The van der Waals surface area contributed by atoms with Crippen LogP contribution in [0, 0.1) is 0 Å². The molecule has 0 aliphatic heterocycles. The molecule has 0 bridgehead atoms. The Morgan fingerprint density at radius 1 is 0.969 bits per heavy atom. The smallest absolute Gasteiger partial charge is 0.261 e. The highest BCUT2D eigenvalue weighted by Crippen LogP contribution is 2.23. The molecule has 2 N–H and O–H groups in total. The minimum absolute atomic E-state index is 0.0628. The third kappa shape index (κ3) is 6.50. The van der Waals surface area contributed by atoms with E-state index in [1.165, 1.54) is 30.3 Å². The minimum Gasteiger partial charge on any atom is -0.494 e. The lowest BCUT2D eigenvalue weighted by atomic mass is 10.2. The van der Waals surface area contributed by atoms with Crippen molar-refractivity contribution in [2.24, 2.45) is 0 Å². The van der Waals surface area contributed by atoms with Gasteiger partial charge in [-0.2, -0.15) is 0 Å². The molecular formula is C23H20Cl2N2O4S. The Hall–Kier alpha value is -3.00. The lowest BCUT2D eigenvalue weighted by Crippen LogP contribution is -2.13. The lowest BCUT2D eigenvalue weighted by molar-refractivity contribution is -0.111. The number of ether oxygens (including phenoxy) is 1. The number of rotatable bonds is 8. The van der Waals surface area contributed by atoms with Crippen molar-refractivity contribution in [3.8, 4) is 5.75 Å². The predicted molar refractivity (Wildman–Crippen MR) is 129 cm³/mol. The summed E-state index contributed by atoms with van der Waals surface area (Å²) in [5.74, 6) is 0.266. The largest absolute Gasteiger partial charge is 0.494 e. The van der Waals surface area contributed by atoms with Gasteiger partial charge in [-0.1, -0.05) is 29.3 Å². The second kappa shape index (κ2) is 10.5. The van der Waals surface area contributed by atoms with Crippen LogP contribution in [-0.4, -0.2) is 20.9 Å². The van der Waals surface area contributed by atoms with E-state index in [4.69, 9.17) is 27.9 Å². The highest BCUT2D eigenvalue weighted by molar-refractivity contribution is 7.92. The number of carbonyl (C=O) groups is 1. The van der Waals surface area contributed by atoms with Crippen molar-refractivity contribution in [3.05, 3.63) is 88.4 Å². The van der Waals surface area contributed by atoms with Crippen molar-refractivity contribution in [2.75, 3.05) is 16.6 Å². The standard InChI is InChI=1S/C23H20Cl2N2O4S/c1-2-31-20-10-6-19(7-11-20)27-32(29,30)21-12-8-18(9-13-21)26-23(28)14-4-16-3-5-17(24)15-22(16)25/h3-15,27H,2H2,1H3,(H,26,28)/b14-4+. The minimum atomic E-state index is -3.78. The van der Waals surface area contributed by atoms with Crippen LogP contribution in [0.2, 0.25) is 10.0 Å². The van der Waals surface area contributed by atoms with Gasteiger partial charge in [-0.3, -0.25) is 9.52 Å². The summed E-state index contributed by atoms with van der Waals surface area (Å²) in [6.07, 6.45) is 2.89. The summed E-state index contributed by atoms with van der Waals surface area (Å²) >= 11 is 11.9. The van der Waals surface area contributed by atoms with Crippen LogP contribution in [-0.2, 0) is 14.8 Å². The Balaban J connectivity index is 1.63. The first-order valence-corrected chi connectivity index (χ1v) is 11.8. The number of halogens is 2. The molecule has 3 aromatic rings. The molecule has 166 valence electrons. The van der Waals surface area contributed by atoms with E-state index in [1.54, 1.807) is 48.5 Å². The van der Waals surface area contributed by atoms with Gasteiger partial charge in [-0.05, 0) is 79.2 Å². The van der Waals surface area contributed by atoms with Crippen LogP contribution >= 0.6 is 23.2 Å². The number of benzene rings is 3. The quantitative estimate of drug-likeness (QED) is 0.388. The summed E-state index contributed by atoms with van der Waals surface area (Å²) in [7, 11) is -3.78. The Labute approximate surface area is 196 Å². The predicted octanol–water partition coefficient (Wildman–Crippen LogP) is 5.84. The Morgan fingerprint density at radius 2 is 1.62 bits per heavy atom. The maximum absolute atomic E-state index is 12.6. The zero-order chi connectivity index (χ0) is 23.1. The van der Waals surface area contributed by atoms with Crippen LogP contribution in [0.5, 0.6) is 5.75 Å². The van der Waals surface area contributed by atoms with Crippen LogP contribution in [0.1, 0.15) is 12.5 Å². The average Bonchev–Trinajstić information content (AvgIpc) is 2.75. The molecule has 0 saturated heterocycles. The fourth-order valence-electron chi connectivity index (χ4n) is 2.70. The van der Waals surface area contributed by atoms with E-state index in [9.17, 15) is 13.2 Å². The number of hydrogen-bond donors (Lipinski definition) is 2. The Bertz CT molecular complexity index is 1230. The second-order valence-electron chi connectivity index (χ2n) is 6.58. The van der Waals surface area contributed by atoms with E-state index < -0.39 is 10.0 Å². The van der Waals surface area contributed by atoms with Crippen LogP contribution in [0.4, 0.5) is 11.4 Å². The number of anilines is 2. The van der Waals surface area contributed by atoms with E-state index >= 15 is 0 Å². The Morgan fingerprint density at radius 3 is 2.25 bits per heavy atom. The number of nitrogens with one attached hydrogen (secondary N) is 2. The number of amides is 1. The fraction of sp³-hybridized carbons (Fsp3) is 0.0870. The van der Waals surface area contributed by atoms with Gasteiger partial charge in [0.25, 0.3) is 10.0 Å². The third-order valence-corrected chi connectivity index (χ3v) is 6.19. The monoisotopic (exact) mass is 490 g/mol. The third-order valence-electron chi connectivity index (χ3n) is 4.23. The number of hydrogen-bond acceptors (Lipinski definition) is 4. The highest BCUT2D eigenvalue weighted by Gasteiger charge is 2.14. The van der Waals surface area contributed by atoms with Gasteiger partial charge in [0, 0.05) is 27.5 Å². The molecule has 0 radical (unpaired) electrons. The SMILES string of the molecule is CCOc1ccc(NS(=O)(=O)c2ccc(NC(=O)/C=C/c3ccc(Cl)cc3Cl)cc2)cc1. The average molecular weight is 491 g/mol. The van der Waals surface area contributed by atoms with Gasteiger partial charge in [0.05, 0.1) is 11.5 Å². The summed E-state index contributed by atoms with van der Waals surface area (Å²) < 4.78 is 33.0. The molecule has 1 amide bonds. The van der Waals surface area contributed by atoms with Crippen molar-refractivity contribution in [2.45, 2.75) is 11.8 Å². The van der Waals surface area contributed by atoms with Crippen molar-refractivity contribution < 1.29 is 17.9 Å². The normalized spacial score (nSPS) is 11.3. The zero-order valence-electron chi connectivity index (χ0n) is 17.0. The highest BCUT2D eigenvalue weighted by atomic mass is 35.5. The van der Waals surface area contributed by atoms with E-state index in [0.29, 0.717) is 39.3 Å². The second-order valence-corrected chi connectivity index (χ2v) is 9.10. The van der Waals surface area contributed by atoms with Crippen LogP contribution in [0.25, 0.3) is 6.08 Å². The molecule has 0 aromatic heterocycles. The lowest BCUT2D eigenvalue weighted by Gasteiger charge is -2.10. The summed E-state index contributed by atoms with van der Waals surface area (Å²) in [6, 6.07) is 17.4. The van der Waals surface area contributed by atoms with E-state index in [-0.39, 0.29) is 10.8 Å². The molecule has 9 heteroatoms. The molecule has 0 aliphatic rings. The van der Waals surface area contributed by atoms with Gasteiger partial charge >= 0.3 is 0 Å². The first-order chi connectivity index (χ1) is 15.3. The first-order valence-electron chi connectivity index (χ1n) is 9.57. The van der Waals surface area contributed by atoms with Gasteiger partial charge in [-0.15, -0.1) is 0 Å². The van der Waals surface area contributed by atoms with Gasteiger partial charge in [-0.25, -0.2) is 8.42 Å². The summed E-state index contributed by atoms with van der Waals surface area (Å²) in [5.41, 5.74) is 1.51. The molecule has 0 spiro atoms. The van der Waals surface area contributed by atoms with Crippen molar-refractivity contribution in [1.82, 2.24) is 0 Å². The molecule has 0 fully saturated rings. The summed E-state index contributed by atoms with van der Waals surface area (Å²) in [4.78, 5) is 12.2. The molecule has 0 saturated carbocycles. The molecule has 32 heavy (non-hydrogen) atoms. The molecule has 6 nitrogen and oxygen atoms in total. The van der Waals surface area contributed by atoms with Crippen LogP contribution in [0.15, 0.2) is 77.7 Å². The fourth-order valence-corrected chi connectivity index (χ4v) is 4.23. The Kier molecular flexibility index (Phi) is 7.80. The van der Waals surface area contributed by atoms with Crippen molar-refractivity contribution >= 4 is 56.6 Å². The topological polar surface area (TPSA) is 84.5 Å². The molecule has 0 aliphatic carbocycles. The van der Waals surface area contributed by atoms with Gasteiger partial charge in [0.1, 0.15) is 5.75 Å². The van der Waals surface area contributed by atoms with Gasteiger partial charge in [0.2, 0.25) is 5.91 Å². The first kappa shape index (κ1) is 23.7. The maximum Gasteiger partial charge on any atom is 0.261 e. The zero-order valence-corrected chi connectivity index (χ0v) is 19.3. The molecule has 3 aromatic carbocycles. The van der Waals surface area contributed by atoms with E-state index in [2.05, 4.69) is 10.0 Å². The number of carbonyl (C=O) groups excluding carboxylic acids is 1.